The van der Waals surface area contributed by atoms with Crippen molar-refractivity contribution in [2.75, 3.05) is 16.8 Å². The SMILES string of the molecule is CC1(C)CSCC(Nc2ccc(Br)cc2Br)C1. The lowest BCUT2D eigenvalue weighted by atomic mass is 9.88. The number of anilines is 1. The van der Waals surface area contributed by atoms with Crippen LogP contribution in [-0.4, -0.2) is 17.5 Å². The fourth-order valence-electron chi connectivity index (χ4n) is 2.18. The third kappa shape index (κ3) is 3.90. The van der Waals surface area contributed by atoms with E-state index in [-0.39, 0.29) is 0 Å². The third-order valence-electron chi connectivity index (χ3n) is 2.90. The van der Waals surface area contributed by atoms with E-state index in [2.05, 4.69) is 81.0 Å². The van der Waals surface area contributed by atoms with Crippen LogP contribution in [0.1, 0.15) is 20.3 Å². The van der Waals surface area contributed by atoms with Crippen LogP contribution in [0, 0.1) is 5.41 Å². The van der Waals surface area contributed by atoms with Gasteiger partial charge in [0, 0.05) is 26.4 Å². The van der Waals surface area contributed by atoms with Crippen molar-refractivity contribution in [2.45, 2.75) is 26.3 Å². The Kier molecular flexibility index (Phi) is 4.48. The summed E-state index contributed by atoms with van der Waals surface area (Å²) in [5.41, 5.74) is 1.64. The molecule has 0 saturated carbocycles. The molecule has 4 heteroatoms. The van der Waals surface area contributed by atoms with E-state index >= 15 is 0 Å². The fraction of sp³-hybridized carbons (Fsp3) is 0.538. The van der Waals surface area contributed by atoms with E-state index in [1.54, 1.807) is 0 Å². The molecular formula is C13H17Br2NS. The minimum Gasteiger partial charge on any atom is -0.381 e. The quantitative estimate of drug-likeness (QED) is 0.763. The van der Waals surface area contributed by atoms with E-state index in [0.717, 1.165) is 8.95 Å². The lowest BCUT2D eigenvalue weighted by Crippen LogP contribution is -2.35. The molecule has 17 heavy (non-hydrogen) atoms. The Labute approximate surface area is 124 Å². The second-order valence-corrected chi connectivity index (χ2v) is 8.15. The number of hydrogen-bond acceptors (Lipinski definition) is 2. The minimum absolute atomic E-state index is 0.447. The Bertz CT molecular complexity index is 406. The molecule has 1 saturated heterocycles. The van der Waals surface area contributed by atoms with Crippen molar-refractivity contribution in [1.82, 2.24) is 0 Å². The van der Waals surface area contributed by atoms with Crippen molar-refractivity contribution in [3.8, 4) is 0 Å². The van der Waals surface area contributed by atoms with Crippen LogP contribution in [-0.2, 0) is 0 Å². The molecule has 1 fully saturated rings. The Morgan fingerprint density at radius 1 is 1.35 bits per heavy atom. The van der Waals surface area contributed by atoms with Crippen LogP contribution in [0.4, 0.5) is 5.69 Å². The normalized spacial score (nSPS) is 23.4. The van der Waals surface area contributed by atoms with E-state index in [4.69, 9.17) is 0 Å². The van der Waals surface area contributed by atoms with Crippen molar-refractivity contribution in [3.05, 3.63) is 27.1 Å². The van der Waals surface area contributed by atoms with Gasteiger partial charge in [-0.15, -0.1) is 0 Å². The number of rotatable bonds is 2. The van der Waals surface area contributed by atoms with E-state index in [0.29, 0.717) is 11.5 Å². The van der Waals surface area contributed by atoms with Gasteiger partial charge in [0.2, 0.25) is 0 Å². The van der Waals surface area contributed by atoms with Crippen molar-refractivity contribution >= 4 is 49.3 Å². The second-order valence-electron chi connectivity index (χ2n) is 5.35. The first-order chi connectivity index (χ1) is 7.96. The summed E-state index contributed by atoms with van der Waals surface area (Å²) in [6.07, 6.45) is 1.24. The Hall–Kier alpha value is 0.330. The van der Waals surface area contributed by atoms with E-state index in [1.165, 1.54) is 23.6 Å². The molecule has 1 atom stereocenters. The molecule has 0 radical (unpaired) electrons. The molecular weight excluding hydrogens is 362 g/mol. The third-order valence-corrected chi connectivity index (χ3v) is 5.67. The molecule has 0 bridgehead atoms. The highest BCUT2D eigenvalue weighted by atomic mass is 79.9. The average molecular weight is 379 g/mol. The van der Waals surface area contributed by atoms with Gasteiger partial charge in [-0.1, -0.05) is 29.8 Å². The van der Waals surface area contributed by atoms with Gasteiger partial charge >= 0.3 is 0 Å². The molecule has 0 amide bonds. The zero-order chi connectivity index (χ0) is 12.5. The number of nitrogens with one attached hydrogen (secondary N) is 1. The van der Waals surface area contributed by atoms with Crippen molar-refractivity contribution in [2.24, 2.45) is 5.41 Å². The fourth-order valence-corrected chi connectivity index (χ4v) is 4.62. The van der Waals surface area contributed by atoms with Gasteiger partial charge in [0.1, 0.15) is 0 Å². The van der Waals surface area contributed by atoms with Gasteiger partial charge in [-0.3, -0.25) is 0 Å². The molecule has 94 valence electrons. The highest BCUT2D eigenvalue weighted by molar-refractivity contribution is 9.11. The van der Waals surface area contributed by atoms with Gasteiger partial charge in [0.05, 0.1) is 0 Å². The first-order valence-electron chi connectivity index (χ1n) is 5.76. The Balaban J connectivity index is 2.05. The monoisotopic (exact) mass is 377 g/mol. The number of halogens is 2. The van der Waals surface area contributed by atoms with Crippen molar-refractivity contribution in [1.29, 1.82) is 0 Å². The largest absolute Gasteiger partial charge is 0.381 e. The summed E-state index contributed by atoms with van der Waals surface area (Å²) in [5, 5.41) is 3.64. The van der Waals surface area contributed by atoms with Gasteiger partial charge in [-0.2, -0.15) is 11.8 Å². The minimum atomic E-state index is 0.447. The summed E-state index contributed by atoms with van der Waals surface area (Å²) in [7, 11) is 0. The summed E-state index contributed by atoms with van der Waals surface area (Å²) in [5.74, 6) is 2.47. The smallest absolute Gasteiger partial charge is 0.0487 e. The standard InChI is InChI=1S/C13H17Br2NS/c1-13(2)6-10(7-17-8-13)16-12-4-3-9(14)5-11(12)15/h3-5,10,16H,6-8H2,1-2H3. The maximum Gasteiger partial charge on any atom is 0.0487 e. The van der Waals surface area contributed by atoms with Crippen LogP contribution in [0.15, 0.2) is 27.1 Å². The van der Waals surface area contributed by atoms with Crippen LogP contribution < -0.4 is 5.32 Å². The van der Waals surface area contributed by atoms with E-state index in [9.17, 15) is 0 Å². The highest BCUT2D eigenvalue weighted by Crippen LogP contribution is 2.36. The summed E-state index contributed by atoms with van der Waals surface area (Å²) >= 11 is 9.13. The summed E-state index contributed by atoms with van der Waals surface area (Å²) < 4.78 is 2.23. The number of benzene rings is 1. The molecule has 1 N–H and O–H groups in total. The second kappa shape index (κ2) is 5.54. The predicted molar refractivity (Wildman–Crippen MR) is 85.0 cm³/mol. The maximum absolute atomic E-state index is 3.64. The molecule has 1 nitrogen and oxygen atoms in total. The predicted octanol–water partition coefficient (Wildman–Crippen LogP) is 5.16. The summed E-state index contributed by atoms with van der Waals surface area (Å²) in [4.78, 5) is 0. The Morgan fingerprint density at radius 2 is 2.12 bits per heavy atom. The maximum atomic E-state index is 3.64. The van der Waals surface area contributed by atoms with E-state index < -0.39 is 0 Å². The first kappa shape index (κ1) is 13.8. The molecule has 1 heterocycles. The van der Waals surface area contributed by atoms with Crippen LogP contribution in [0.2, 0.25) is 0 Å². The lowest BCUT2D eigenvalue weighted by molar-refractivity contribution is 0.358. The molecule has 1 aromatic rings. The van der Waals surface area contributed by atoms with Gasteiger partial charge < -0.3 is 5.32 Å². The molecule has 1 aliphatic rings. The topological polar surface area (TPSA) is 12.0 Å². The first-order valence-corrected chi connectivity index (χ1v) is 8.50. The molecule has 0 aromatic heterocycles. The average Bonchev–Trinajstić information content (AvgIpc) is 2.21. The van der Waals surface area contributed by atoms with E-state index in [1.807, 2.05) is 0 Å². The lowest BCUT2D eigenvalue weighted by Gasteiger charge is -2.35. The molecule has 1 unspecified atom stereocenters. The van der Waals surface area contributed by atoms with Crippen LogP contribution in [0.5, 0.6) is 0 Å². The number of thioether (sulfide) groups is 1. The van der Waals surface area contributed by atoms with Crippen LogP contribution in [0.25, 0.3) is 0 Å². The molecule has 1 aliphatic heterocycles. The molecule has 0 spiro atoms. The van der Waals surface area contributed by atoms with Gasteiger partial charge in [-0.25, -0.2) is 0 Å². The van der Waals surface area contributed by atoms with Crippen molar-refractivity contribution < 1.29 is 0 Å². The molecule has 0 aliphatic carbocycles. The van der Waals surface area contributed by atoms with Crippen molar-refractivity contribution in [3.63, 3.8) is 0 Å². The van der Waals surface area contributed by atoms with Crippen LogP contribution in [0.3, 0.4) is 0 Å². The zero-order valence-corrected chi connectivity index (χ0v) is 14.1. The van der Waals surface area contributed by atoms with Crippen LogP contribution >= 0.6 is 43.6 Å². The molecule has 2 rings (SSSR count). The highest BCUT2D eigenvalue weighted by Gasteiger charge is 2.28. The summed E-state index contributed by atoms with van der Waals surface area (Å²) in [6, 6.07) is 6.86. The van der Waals surface area contributed by atoms with Gasteiger partial charge in [0.15, 0.2) is 0 Å². The molecule has 1 aromatic carbocycles. The van der Waals surface area contributed by atoms with Gasteiger partial charge in [-0.05, 0) is 51.7 Å². The number of hydrogen-bond donors (Lipinski definition) is 1. The zero-order valence-electron chi connectivity index (χ0n) is 10.1. The Morgan fingerprint density at radius 3 is 2.76 bits per heavy atom. The van der Waals surface area contributed by atoms with Gasteiger partial charge in [0.25, 0.3) is 0 Å². The summed E-state index contributed by atoms with van der Waals surface area (Å²) in [6.45, 7) is 4.70.